The second kappa shape index (κ2) is 5.16. The van der Waals surface area contributed by atoms with Crippen LogP contribution in [0.15, 0.2) is 24.3 Å². The number of benzene rings is 1. The van der Waals surface area contributed by atoms with Gasteiger partial charge in [-0.15, -0.1) is 0 Å². The third-order valence-corrected chi connectivity index (χ3v) is 4.06. The zero-order valence-corrected chi connectivity index (χ0v) is 12.6. The second-order valence-electron chi connectivity index (χ2n) is 6.84. The van der Waals surface area contributed by atoms with Crippen LogP contribution in [0.25, 0.3) is 0 Å². The molecule has 1 aliphatic rings. The van der Waals surface area contributed by atoms with Crippen molar-refractivity contribution in [1.29, 1.82) is 0 Å². The van der Waals surface area contributed by atoms with E-state index in [4.69, 9.17) is 4.74 Å². The van der Waals surface area contributed by atoms with Crippen LogP contribution in [0.2, 0.25) is 0 Å². The largest absolute Gasteiger partial charge is 0.494 e. The summed E-state index contributed by atoms with van der Waals surface area (Å²) in [5.41, 5.74) is 0.535. The predicted octanol–water partition coefficient (Wildman–Crippen LogP) is 4.12. The van der Waals surface area contributed by atoms with Crippen LogP contribution in [0.1, 0.15) is 52.5 Å². The lowest BCUT2D eigenvalue weighted by Crippen LogP contribution is -2.39. The average molecular weight is 262 g/mol. The van der Waals surface area contributed by atoms with Crippen LogP contribution in [0, 0.1) is 11.3 Å². The Hall–Kier alpha value is -1.02. The van der Waals surface area contributed by atoms with Gasteiger partial charge >= 0.3 is 0 Å². The average Bonchev–Trinajstić information content (AvgIpc) is 2.26. The standard InChI is InChI=1S/C17H26O2/c1-5-19-15-8-6-14(7-9-15)17(18)11-13(2)10-16(3,4)12-17/h6-9,13,18H,5,10-12H2,1-4H3. The van der Waals surface area contributed by atoms with Gasteiger partial charge in [-0.05, 0) is 55.2 Å². The maximum absolute atomic E-state index is 11.0. The van der Waals surface area contributed by atoms with E-state index in [1.165, 1.54) is 6.42 Å². The maximum Gasteiger partial charge on any atom is 0.119 e. The smallest absolute Gasteiger partial charge is 0.119 e. The highest BCUT2D eigenvalue weighted by Crippen LogP contribution is 2.48. The molecular formula is C17H26O2. The summed E-state index contributed by atoms with van der Waals surface area (Å²) in [7, 11) is 0. The first-order valence-electron chi connectivity index (χ1n) is 7.30. The molecule has 0 radical (unpaired) electrons. The van der Waals surface area contributed by atoms with Gasteiger partial charge in [-0.1, -0.05) is 32.9 Å². The van der Waals surface area contributed by atoms with Gasteiger partial charge in [0.1, 0.15) is 5.75 Å². The van der Waals surface area contributed by atoms with Gasteiger partial charge in [-0.3, -0.25) is 0 Å². The number of aliphatic hydroxyl groups is 1. The van der Waals surface area contributed by atoms with Crippen LogP contribution in [-0.2, 0) is 5.60 Å². The van der Waals surface area contributed by atoms with Crippen molar-refractivity contribution in [3.63, 3.8) is 0 Å². The lowest BCUT2D eigenvalue weighted by molar-refractivity contribution is -0.0635. The summed E-state index contributed by atoms with van der Waals surface area (Å²) >= 11 is 0. The molecule has 0 aromatic heterocycles. The molecule has 1 saturated carbocycles. The summed E-state index contributed by atoms with van der Waals surface area (Å²) in [4.78, 5) is 0. The molecule has 2 rings (SSSR count). The van der Waals surface area contributed by atoms with Gasteiger partial charge in [-0.2, -0.15) is 0 Å². The first-order valence-corrected chi connectivity index (χ1v) is 7.30. The Morgan fingerprint density at radius 3 is 2.37 bits per heavy atom. The number of rotatable bonds is 3. The third-order valence-electron chi connectivity index (χ3n) is 4.06. The van der Waals surface area contributed by atoms with E-state index in [2.05, 4.69) is 20.8 Å². The molecule has 0 bridgehead atoms. The van der Waals surface area contributed by atoms with Crippen LogP contribution in [-0.4, -0.2) is 11.7 Å². The van der Waals surface area contributed by atoms with E-state index in [0.29, 0.717) is 12.5 Å². The van der Waals surface area contributed by atoms with Crippen molar-refractivity contribution in [2.75, 3.05) is 6.61 Å². The molecule has 2 atom stereocenters. The molecular weight excluding hydrogens is 236 g/mol. The SMILES string of the molecule is CCOc1ccc(C2(O)CC(C)CC(C)(C)C2)cc1. The van der Waals surface area contributed by atoms with Crippen LogP contribution in [0.4, 0.5) is 0 Å². The van der Waals surface area contributed by atoms with E-state index < -0.39 is 5.60 Å². The summed E-state index contributed by atoms with van der Waals surface area (Å²) in [6, 6.07) is 7.95. The van der Waals surface area contributed by atoms with Crippen molar-refractivity contribution >= 4 is 0 Å². The Morgan fingerprint density at radius 2 is 1.84 bits per heavy atom. The minimum Gasteiger partial charge on any atom is -0.494 e. The van der Waals surface area contributed by atoms with Crippen molar-refractivity contribution in [2.45, 2.75) is 52.6 Å². The normalized spacial score (nSPS) is 30.1. The topological polar surface area (TPSA) is 29.5 Å². The van der Waals surface area contributed by atoms with Gasteiger partial charge in [-0.25, -0.2) is 0 Å². The van der Waals surface area contributed by atoms with E-state index in [1.807, 2.05) is 31.2 Å². The molecule has 0 saturated heterocycles. The van der Waals surface area contributed by atoms with Gasteiger partial charge in [0.05, 0.1) is 12.2 Å². The molecule has 1 aromatic rings. The van der Waals surface area contributed by atoms with Crippen molar-refractivity contribution in [3.8, 4) is 5.75 Å². The second-order valence-corrected chi connectivity index (χ2v) is 6.84. The van der Waals surface area contributed by atoms with Crippen molar-refractivity contribution in [1.82, 2.24) is 0 Å². The zero-order valence-electron chi connectivity index (χ0n) is 12.6. The maximum atomic E-state index is 11.0. The molecule has 0 amide bonds. The molecule has 0 spiro atoms. The van der Waals surface area contributed by atoms with Crippen LogP contribution >= 0.6 is 0 Å². The Kier molecular flexibility index (Phi) is 3.91. The Balaban J connectivity index is 2.23. The van der Waals surface area contributed by atoms with Crippen LogP contribution in [0.3, 0.4) is 0 Å². The van der Waals surface area contributed by atoms with Crippen LogP contribution in [0.5, 0.6) is 5.75 Å². The van der Waals surface area contributed by atoms with Crippen molar-refractivity contribution < 1.29 is 9.84 Å². The van der Waals surface area contributed by atoms with E-state index in [1.54, 1.807) is 0 Å². The highest BCUT2D eigenvalue weighted by molar-refractivity contribution is 5.31. The number of hydrogen-bond donors (Lipinski definition) is 1. The molecule has 1 fully saturated rings. The van der Waals surface area contributed by atoms with Crippen molar-refractivity contribution in [2.24, 2.45) is 11.3 Å². The molecule has 2 heteroatoms. The quantitative estimate of drug-likeness (QED) is 0.888. The molecule has 1 aliphatic carbocycles. The molecule has 2 nitrogen and oxygen atoms in total. The first-order chi connectivity index (χ1) is 8.85. The van der Waals surface area contributed by atoms with E-state index >= 15 is 0 Å². The van der Waals surface area contributed by atoms with Gasteiger partial charge in [0.2, 0.25) is 0 Å². The molecule has 2 unspecified atom stereocenters. The molecule has 19 heavy (non-hydrogen) atoms. The fraction of sp³-hybridized carbons (Fsp3) is 0.647. The van der Waals surface area contributed by atoms with Gasteiger partial charge in [0.15, 0.2) is 0 Å². The van der Waals surface area contributed by atoms with E-state index in [0.717, 1.165) is 24.2 Å². The minimum absolute atomic E-state index is 0.199. The zero-order chi connectivity index (χ0) is 14.1. The monoisotopic (exact) mass is 262 g/mol. The lowest BCUT2D eigenvalue weighted by Gasteiger charge is -2.45. The molecule has 1 aromatic carbocycles. The number of hydrogen-bond acceptors (Lipinski definition) is 2. The van der Waals surface area contributed by atoms with Crippen molar-refractivity contribution in [3.05, 3.63) is 29.8 Å². The summed E-state index contributed by atoms with van der Waals surface area (Å²) < 4.78 is 5.46. The summed E-state index contributed by atoms with van der Waals surface area (Å²) in [6.45, 7) is 9.39. The Morgan fingerprint density at radius 1 is 1.21 bits per heavy atom. The summed E-state index contributed by atoms with van der Waals surface area (Å²) in [5, 5.41) is 11.0. The minimum atomic E-state index is -0.689. The summed E-state index contributed by atoms with van der Waals surface area (Å²) in [6.07, 6.45) is 2.87. The molecule has 106 valence electrons. The Labute approximate surface area is 116 Å². The van der Waals surface area contributed by atoms with E-state index in [9.17, 15) is 5.11 Å². The van der Waals surface area contributed by atoms with Gasteiger partial charge in [0, 0.05) is 0 Å². The molecule has 1 N–H and O–H groups in total. The highest BCUT2D eigenvalue weighted by atomic mass is 16.5. The van der Waals surface area contributed by atoms with Crippen LogP contribution < -0.4 is 4.74 Å². The molecule has 0 aliphatic heterocycles. The fourth-order valence-electron chi connectivity index (χ4n) is 3.78. The van der Waals surface area contributed by atoms with E-state index in [-0.39, 0.29) is 5.41 Å². The fourth-order valence-corrected chi connectivity index (χ4v) is 3.78. The third kappa shape index (κ3) is 3.30. The predicted molar refractivity (Wildman–Crippen MR) is 78.3 cm³/mol. The summed E-state index contributed by atoms with van der Waals surface area (Å²) in [5.74, 6) is 1.43. The van der Waals surface area contributed by atoms with Gasteiger partial charge < -0.3 is 9.84 Å². The van der Waals surface area contributed by atoms with Gasteiger partial charge in [0.25, 0.3) is 0 Å². The number of ether oxygens (including phenoxy) is 1. The first kappa shape index (κ1) is 14.4. The lowest BCUT2D eigenvalue weighted by atomic mass is 9.64. The highest BCUT2D eigenvalue weighted by Gasteiger charge is 2.42. The Bertz CT molecular complexity index is 421. The molecule has 0 heterocycles.